The molecule has 6 rings (SSSR count). The maximum atomic E-state index is 15.2. The smallest absolute Gasteiger partial charge is 0.338 e. The number of aliphatic hydroxyl groups excluding tert-OH is 2. The Morgan fingerprint density at radius 1 is 0.893 bits per heavy atom. The molecule has 11 atom stereocenters. The Kier molecular flexibility index (Phi) is 10.6. The fraction of sp³-hybridized carbons (Fsp3) is 0.512. The molecule has 2 unspecified atom stereocenters. The van der Waals surface area contributed by atoms with E-state index in [0.717, 1.165) is 13.8 Å². The highest BCUT2D eigenvalue weighted by Gasteiger charge is 2.82. The standard InChI is InChI=1S/C41H47NO14/c1-20-26(54-37(50)28(45)21(2)42-35(48)24-14-10-8-11-15-24)18-41(51)33(55-36(49)25-16-12-9-13-17-25)30-39(7,32(47)34-40(30,19-52-34)56-23(4)44)31(46)29(53-22(3)43)27(20)38(41,5)6/h8-17,21,26,28-30,32-34,45,47,51H,18-19H2,1-7H3,(H,42,48)/t21-,26-,28+,29+,30?,32-,33-,34?,39+,40+,41+/m0/s1. The number of hydrogen-bond acceptors (Lipinski definition) is 14. The Labute approximate surface area is 323 Å². The number of benzene rings is 2. The second-order valence-corrected chi connectivity index (χ2v) is 15.9. The van der Waals surface area contributed by atoms with E-state index in [9.17, 15) is 39.3 Å². The molecule has 3 fully saturated rings. The molecule has 4 aliphatic rings. The van der Waals surface area contributed by atoms with E-state index in [1.165, 1.54) is 32.9 Å². The molecule has 1 amide bonds. The first-order chi connectivity index (χ1) is 26.2. The van der Waals surface area contributed by atoms with Crippen LogP contribution in [0.5, 0.6) is 0 Å². The highest BCUT2D eigenvalue weighted by molar-refractivity contribution is 5.96. The first-order valence-electron chi connectivity index (χ1n) is 18.4. The summed E-state index contributed by atoms with van der Waals surface area (Å²) in [6, 6.07) is 14.8. The zero-order valence-electron chi connectivity index (χ0n) is 32.1. The summed E-state index contributed by atoms with van der Waals surface area (Å²) in [5, 5.41) is 39.1. The summed E-state index contributed by atoms with van der Waals surface area (Å²) in [5.41, 5.74) is -7.34. The summed E-state index contributed by atoms with van der Waals surface area (Å²) in [4.78, 5) is 81.3. The van der Waals surface area contributed by atoms with Gasteiger partial charge in [-0.3, -0.25) is 19.2 Å². The highest BCUT2D eigenvalue weighted by Crippen LogP contribution is 2.66. The second kappa shape index (κ2) is 14.5. The Bertz CT molecular complexity index is 1960. The van der Waals surface area contributed by atoms with Crippen molar-refractivity contribution in [3.8, 4) is 0 Å². The third-order valence-electron chi connectivity index (χ3n) is 12.2. The number of carbonyl (C=O) groups excluding carboxylic acids is 6. The van der Waals surface area contributed by atoms with E-state index in [-0.39, 0.29) is 28.9 Å². The van der Waals surface area contributed by atoms with Crippen LogP contribution in [0.15, 0.2) is 71.8 Å². The summed E-state index contributed by atoms with van der Waals surface area (Å²) in [6.45, 7) is 9.21. The van der Waals surface area contributed by atoms with E-state index < -0.39 is 113 Å². The highest BCUT2D eigenvalue weighted by atomic mass is 16.6. The fourth-order valence-electron chi connectivity index (χ4n) is 9.25. The van der Waals surface area contributed by atoms with Gasteiger partial charge in [0.05, 0.1) is 35.6 Å². The number of aliphatic hydroxyl groups is 3. The lowest BCUT2D eigenvalue weighted by molar-refractivity contribution is -0.288. The molecule has 0 radical (unpaired) electrons. The zero-order valence-corrected chi connectivity index (χ0v) is 32.1. The Hall–Kier alpha value is -4.96. The van der Waals surface area contributed by atoms with Gasteiger partial charge >= 0.3 is 23.9 Å². The average Bonchev–Trinajstić information content (AvgIpc) is 3.25. The fourth-order valence-corrected chi connectivity index (χ4v) is 9.25. The van der Waals surface area contributed by atoms with Crippen LogP contribution >= 0.6 is 0 Å². The van der Waals surface area contributed by atoms with Crippen molar-refractivity contribution in [3.63, 3.8) is 0 Å². The van der Waals surface area contributed by atoms with E-state index in [2.05, 4.69) is 5.32 Å². The molecule has 1 heterocycles. The summed E-state index contributed by atoms with van der Waals surface area (Å²) in [5.74, 6) is -6.79. The number of fused-ring (bicyclic) bond motifs is 5. The van der Waals surface area contributed by atoms with E-state index in [0.29, 0.717) is 0 Å². The predicted molar refractivity (Wildman–Crippen MR) is 193 cm³/mol. The van der Waals surface area contributed by atoms with Crippen molar-refractivity contribution < 1.29 is 67.8 Å². The largest absolute Gasteiger partial charge is 0.456 e. The molecule has 2 aromatic carbocycles. The molecular weight excluding hydrogens is 730 g/mol. The van der Waals surface area contributed by atoms with Crippen LogP contribution in [0.4, 0.5) is 0 Å². The van der Waals surface area contributed by atoms with Gasteiger partial charge in [-0.05, 0) is 56.2 Å². The monoisotopic (exact) mass is 777 g/mol. The van der Waals surface area contributed by atoms with Crippen molar-refractivity contribution in [1.82, 2.24) is 5.32 Å². The number of ketones is 1. The molecule has 1 saturated heterocycles. The van der Waals surface area contributed by atoms with Gasteiger partial charge in [-0.2, -0.15) is 0 Å². The number of nitrogens with one attached hydrogen (secondary N) is 1. The second-order valence-electron chi connectivity index (χ2n) is 15.9. The number of ether oxygens (including phenoxy) is 5. The minimum atomic E-state index is -2.35. The van der Waals surface area contributed by atoms with E-state index in [4.69, 9.17) is 23.7 Å². The van der Waals surface area contributed by atoms with E-state index in [1.54, 1.807) is 62.4 Å². The first-order valence-corrected chi connectivity index (χ1v) is 18.4. The minimum absolute atomic E-state index is 0.00138. The van der Waals surface area contributed by atoms with Crippen molar-refractivity contribution >= 4 is 35.6 Å². The maximum Gasteiger partial charge on any atom is 0.338 e. The molecule has 2 aromatic rings. The lowest BCUT2D eigenvalue weighted by atomic mass is 9.50. The maximum absolute atomic E-state index is 15.2. The van der Waals surface area contributed by atoms with Crippen LogP contribution in [-0.4, -0.2) is 111 Å². The van der Waals surface area contributed by atoms with Crippen molar-refractivity contribution in [2.24, 2.45) is 16.7 Å². The molecule has 0 spiro atoms. The Balaban J connectivity index is 1.50. The van der Waals surface area contributed by atoms with Crippen molar-refractivity contribution in [2.45, 2.75) is 109 Å². The van der Waals surface area contributed by atoms with Gasteiger partial charge in [0.25, 0.3) is 5.91 Å². The van der Waals surface area contributed by atoms with Crippen LogP contribution in [0.3, 0.4) is 0 Å². The molecule has 300 valence electrons. The molecular formula is C41H47NO14. The predicted octanol–water partition coefficient (Wildman–Crippen LogP) is 1.99. The van der Waals surface area contributed by atoms with Gasteiger partial charge in [-0.15, -0.1) is 0 Å². The molecule has 4 N–H and O–H groups in total. The first kappa shape index (κ1) is 40.7. The molecule has 15 nitrogen and oxygen atoms in total. The number of rotatable bonds is 9. The number of carbonyl (C=O) groups is 6. The van der Waals surface area contributed by atoms with Crippen LogP contribution in [0.25, 0.3) is 0 Å². The third-order valence-corrected chi connectivity index (χ3v) is 12.2. The third kappa shape index (κ3) is 6.30. The van der Waals surface area contributed by atoms with Crippen LogP contribution in [0, 0.1) is 16.7 Å². The minimum Gasteiger partial charge on any atom is -0.456 e. The summed E-state index contributed by atoms with van der Waals surface area (Å²) in [7, 11) is 0. The van der Waals surface area contributed by atoms with Crippen LogP contribution in [0.1, 0.15) is 75.6 Å². The molecule has 15 heteroatoms. The zero-order chi connectivity index (χ0) is 41.1. The molecule has 2 saturated carbocycles. The summed E-state index contributed by atoms with van der Waals surface area (Å²) in [6.07, 6.45) is -10.5. The molecule has 2 bridgehead atoms. The van der Waals surface area contributed by atoms with Crippen molar-refractivity contribution in [1.29, 1.82) is 0 Å². The van der Waals surface area contributed by atoms with Gasteiger partial charge in [-0.1, -0.05) is 50.2 Å². The molecule has 3 aliphatic carbocycles. The number of Topliss-reactive ketones (excluding diaryl/α,β-unsaturated/α-hetero) is 1. The summed E-state index contributed by atoms with van der Waals surface area (Å²) < 4.78 is 29.6. The van der Waals surface area contributed by atoms with Gasteiger partial charge < -0.3 is 44.3 Å². The molecule has 1 aliphatic heterocycles. The van der Waals surface area contributed by atoms with E-state index >= 15 is 4.79 Å². The van der Waals surface area contributed by atoms with Crippen molar-refractivity contribution in [2.75, 3.05) is 6.61 Å². The van der Waals surface area contributed by atoms with Gasteiger partial charge in [0.15, 0.2) is 23.6 Å². The lowest BCUT2D eigenvalue weighted by Gasteiger charge is -2.60. The normalized spacial score (nSPS) is 33.9. The quantitative estimate of drug-likeness (QED) is 0.163. The SMILES string of the molecule is CC(=O)O[C@H]1C(=O)[C@@]2(C)C([C@H](OC(=O)c3ccccc3)[C@]3(O)C[C@H](OC(=O)[C@H](O)[C@H](C)NC(=O)c4ccccc4)C(C)=C1C3(C)C)[C@]1(OC(C)=O)COC1[C@@H]2O. The van der Waals surface area contributed by atoms with Crippen LogP contribution < -0.4 is 5.32 Å². The number of amides is 1. The topological polar surface area (TPSA) is 221 Å². The van der Waals surface area contributed by atoms with Gasteiger partial charge in [-0.25, -0.2) is 9.59 Å². The number of esters is 4. The average molecular weight is 778 g/mol. The number of hydrogen-bond donors (Lipinski definition) is 4. The van der Waals surface area contributed by atoms with E-state index in [1.807, 2.05) is 0 Å². The lowest BCUT2D eigenvalue weighted by Crippen LogP contribution is -2.73. The summed E-state index contributed by atoms with van der Waals surface area (Å²) >= 11 is 0. The Morgan fingerprint density at radius 3 is 2.02 bits per heavy atom. The van der Waals surface area contributed by atoms with Crippen LogP contribution in [0.2, 0.25) is 0 Å². The van der Waals surface area contributed by atoms with Crippen LogP contribution in [-0.2, 0) is 42.9 Å². The molecule has 0 aromatic heterocycles. The van der Waals surface area contributed by atoms with Crippen molar-refractivity contribution in [3.05, 3.63) is 82.9 Å². The Morgan fingerprint density at radius 2 is 1.48 bits per heavy atom. The van der Waals surface area contributed by atoms with Gasteiger partial charge in [0.2, 0.25) is 0 Å². The molecule has 56 heavy (non-hydrogen) atoms. The van der Waals surface area contributed by atoms with Gasteiger partial charge in [0.1, 0.15) is 23.9 Å². The van der Waals surface area contributed by atoms with Gasteiger partial charge in [0, 0.05) is 31.2 Å².